The van der Waals surface area contributed by atoms with Gasteiger partial charge in [0.1, 0.15) is 11.2 Å². The lowest BCUT2D eigenvalue weighted by Crippen LogP contribution is -2.61. The van der Waals surface area contributed by atoms with Gasteiger partial charge < -0.3 is 19.0 Å². The second-order valence-corrected chi connectivity index (χ2v) is 27.4. The fraction of sp³-hybridized carbons (Fsp3) is 0.288. The zero-order chi connectivity index (χ0) is 54.6. The lowest BCUT2D eigenvalue weighted by Gasteiger charge is -2.47. The third-order valence-electron chi connectivity index (χ3n) is 18.1. The minimum atomic E-state index is -0.231. The number of anilines is 8. The summed E-state index contributed by atoms with van der Waals surface area (Å²) in [6, 6.07) is 65.3. The molecule has 5 heteroatoms. The van der Waals surface area contributed by atoms with Crippen molar-refractivity contribution in [3.05, 3.63) is 203 Å². The predicted octanol–water partition coefficient (Wildman–Crippen LogP) is 19.5. The van der Waals surface area contributed by atoms with Crippen LogP contribution in [0.25, 0.3) is 43.8 Å². The van der Waals surface area contributed by atoms with Crippen LogP contribution in [0.2, 0.25) is 0 Å². The van der Waals surface area contributed by atoms with Gasteiger partial charge in [0.15, 0.2) is 0 Å². The van der Waals surface area contributed by atoms with E-state index in [4.69, 9.17) is 4.42 Å². The maximum absolute atomic E-state index is 7.23. The molecule has 0 fully saturated rings. The summed E-state index contributed by atoms with van der Waals surface area (Å²) in [4.78, 5) is 7.82. The Morgan fingerprint density at radius 3 is 1.64 bits per heavy atom. The van der Waals surface area contributed by atoms with Gasteiger partial charge >= 0.3 is 6.85 Å². The number of hydrogen-bond donors (Lipinski definition) is 0. The van der Waals surface area contributed by atoms with Crippen molar-refractivity contribution in [3.63, 3.8) is 0 Å². The molecule has 0 saturated heterocycles. The fourth-order valence-electron chi connectivity index (χ4n) is 13.4. The van der Waals surface area contributed by atoms with Crippen molar-refractivity contribution in [2.45, 2.75) is 137 Å². The minimum Gasteiger partial charge on any atom is -0.455 e. The van der Waals surface area contributed by atoms with Gasteiger partial charge in [-0.2, -0.15) is 0 Å². The van der Waals surface area contributed by atoms with E-state index in [9.17, 15) is 0 Å². The summed E-state index contributed by atoms with van der Waals surface area (Å²) >= 11 is 0. The minimum absolute atomic E-state index is 0.00539. The molecule has 78 heavy (non-hydrogen) atoms. The second-order valence-electron chi connectivity index (χ2n) is 27.4. The molecule has 0 saturated carbocycles. The standard InChI is InChI=1S/C73H74BN3O/c1-45-41-58-59(73(13,14)40-39-72(58,11)12)44-61(45)76-62-42-53(75(50-30-24-47(25-31-50)69(2,3)4)51-32-26-48(27-33-51)70(5,6)7)36-38-60(62)74-66-63(76)43-57-55-21-17-18-22-64(55)78-68(57)65(66)56-37-23-46-19-15-16-20-54(46)67(56)77(74)52-34-28-49(29-35-52)71(8,9)10/h15-38,41-44H,39-40H2,1-14H3. The number of fused-ring (bicyclic) bond motifs is 11. The van der Waals surface area contributed by atoms with Crippen LogP contribution < -0.4 is 25.5 Å². The molecular weight excluding hydrogens is 946 g/mol. The topological polar surface area (TPSA) is 22.9 Å². The molecule has 13 rings (SSSR count). The molecule has 0 unspecified atom stereocenters. The normalized spacial score (nSPS) is 15.6. The molecule has 0 atom stereocenters. The van der Waals surface area contributed by atoms with Crippen LogP contribution in [-0.4, -0.2) is 6.85 Å². The van der Waals surface area contributed by atoms with E-state index in [0.29, 0.717) is 0 Å². The van der Waals surface area contributed by atoms with Crippen LogP contribution in [0.5, 0.6) is 0 Å². The number of aryl methyl sites for hydroxylation is 1. The average Bonchev–Trinajstić information content (AvgIpc) is 3.54. The van der Waals surface area contributed by atoms with E-state index in [0.717, 1.165) is 57.5 Å². The number of rotatable bonds is 5. The van der Waals surface area contributed by atoms with Crippen molar-refractivity contribution in [1.82, 2.24) is 0 Å². The Labute approximate surface area is 463 Å². The number of furan rings is 1. The van der Waals surface area contributed by atoms with Crippen LogP contribution in [0.4, 0.5) is 45.5 Å². The van der Waals surface area contributed by atoms with E-state index in [2.05, 4.69) is 281 Å². The highest BCUT2D eigenvalue weighted by atomic mass is 16.3. The highest BCUT2D eigenvalue weighted by Crippen LogP contribution is 2.55. The van der Waals surface area contributed by atoms with Gasteiger partial charge in [0.25, 0.3) is 0 Å². The van der Waals surface area contributed by atoms with E-state index < -0.39 is 0 Å². The van der Waals surface area contributed by atoms with E-state index >= 15 is 0 Å². The molecule has 0 radical (unpaired) electrons. The summed E-state index contributed by atoms with van der Waals surface area (Å²) in [5, 5.41) is 4.68. The summed E-state index contributed by atoms with van der Waals surface area (Å²) in [5.74, 6) is 0. The highest BCUT2D eigenvalue weighted by Gasteiger charge is 2.48. The summed E-state index contributed by atoms with van der Waals surface area (Å²) in [6.45, 7) is 32.6. The molecule has 3 aliphatic rings. The fourth-order valence-corrected chi connectivity index (χ4v) is 13.4. The van der Waals surface area contributed by atoms with Crippen molar-refractivity contribution in [3.8, 4) is 11.1 Å². The van der Waals surface area contributed by atoms with Gasteiger partial charge in [-0.1, -0.05) is 193 Å². The summed E-state index contributed by atoms with van der Waals surface area (Å²) in [6.07, 6.45) is 2.29. The van der Waals surface area contributed by atoms with Gasteiger partial charge in [-0.05, 0) is 163 Å². The van der Waals surface area contributed by atoms with Gasteiger partial charge in [0.2, 0.25) is 0 Å². The SMILES string of the molecule is Cc1cc2c(cc1N1c3cc(N(c4ccc(C(C)(C)C)cc4)c4ccc(C(C)(C)C)cc4)ccc3B3c4c1cc1c(oc5ccccc51)c4-c1ccc4ccccc4c1N3c1ccc(C(C)(C)C)cc1)C(C)(C)CCC2(C)C. The van der Waals surface area contributed by atoms with Crippen LogP contribution in [0.3, 0.4) is 0 Å². The largest absolute Gasteiger partial charge is 0.455 e. The first-order chi connectivity index (χ1) is 37.0. The average molecular weight is 1020 g/mol. The molecular formula is C73H74BN3O. The zero-order valence-electron chi connectivity index (χ0n) is 48.4. The Hall–Kier alpha value is -7.50. The monoisotopic (exact) mass is 1020 g/mol. The van der Waals surface area contributed by atoms with Gasteiger partial charge in [0.05, 0.1) is 0 Å². The van der Waals surface area contributed by atoms with E-state index in [1.165, 1.54) is 89.0 Å². The molecule has 1 aliphatic carbocycles. The van der Waals surface area contributed by atoms with E-state index in [-0.39, 0.29) is 33.9 Å². The first-order valence-corrected chi connectivity index (χ1v) is 28.5. The van der Waals surface area contributed by atoms with Crippen LogP contribution in [0.15, 0.2) is 174 Å². The molecule has 0 spiro atoms. The van der Waals surface area contributed by atoms with Gasteiger partial charge in [-0.3, -0.25) is 0 Å². The molecule has 390 valence electrons. The van der Waals surface area contributed by atoms with Crippen LogP contribution in [-0.2, 0) is 27.1 Å². The number of benzene rings is 9. The van der Waals surface area contributed by atoms with Crippen molar-refractivity contribution in [2.75, 3.05) is 14.6 Å². The van der Waals surface area contributed by atoms with Gasteiger partial charge in [-0.15, -0.1) is 0 Å². The lowest BCUT2D eigenvalue weighted by molar-refractivity contribution is 0.332. The Morgan fingerprint density at radius 2 is 1.04 bits per heavy atom. The number of hydrogen-bond acceptors (Lipinski definition) is 4. The predicted molar refractivity (Wildman–Crippen MR) is 336 cm³/mol. The van der Waals surface area contributed by atoms with Crippen molar-refractivity contribution >= 4 is 96.0 Å². The molecule has 10 aromatic rings. The van der Waals surface area contributed by atoms with Crippen LogP contribution in [0.1, 0.15) is 136 Å². The number of para-hydroxylation sites is 1. The van der Waals surface area contributed by atoms with Crippen molar-refractivity contribution < 1.29 is 4.42 Å². The maximum atomic E-state index is 7.23. The number of nitrogens with zero attached hydrogens (tertiary/aromatic N) is 3. The maximum Gasteiger partial charge on any atom is 0.333 e. The van der Waals surface area contributed by atoms with Gasteiger partial charge in [-0.25, -0.2) is 0 Å². The van der Waals surface area contributed by atoms with Crippen LogP contribution in [0, 0.1) is 6.92 Å². The summed E-state index contributed by atoms with van der Waals surface area (Å²) < 4.78 is 7.23. The molecule has 0 bridgehead atoms. The van der Waals surface area contributed by atoms with Crippen LogP contribution >= 0.6 is 0 Å². The second kappa shape index (κ2) is 17.3. The lowest BCUT2D eigenvalue weighted by atomic mass is 9.43. The Kier molecular flexibility index (Phi) is 11.1. The highest BCUT2D eigenvalue weighted by molar-refractivity contribution is 6.94. The third kappa shape index (κ3) is 7.84. The first-order valence-electron chi connectivity index (χ1n) is 28.5. The van der Waals surface area contributed by atoms with E-state index in [1.54, 1.807) is 0 Å². The molecule has 9 aromatic carbocycles. The Balaban J connectivity index is 1.17. The Bertz CT molecular complexity index is 3990. The molecule has 0 N–H and O–H groups in total. The Morgan fingerprint density at radius 1 is 0.500 bits per heavy atom. The quantitative estimate of drug-likeness (QED) is 0.160. The van der Waals surface area contributed by atoms with Gasteiger partial charge in [0, 0.05) is 72.8 Å². The third-order valence-corrected chi connectivity index (χ3v) is 18.1. The molecule has 2 aliphatic heterocycles. The summed E-state index contributed by atoms with van der Waals surface area (Å²) in [7, 11) is 0. The molecule has 0 amide bonds. The van der Waals surface area contributed by atoms with Crippen molar-refractivity contribution in [2.24, 2.45) is 0 Å². The molecule has 4 nitrogen and oxygen atoms in total. The van der Waals surface area contributed by atoms with E-state index in [1.807, 2.05) is 0 Å². The molecule has 3 heterocycles. The molecule has 1 aromatic heterocycles. The van der Waals surface area contributed by atoms with Crippen molar-refractivity contribution in [1.29, 1.82) is 0 Å². The first kappa shape index (κ1) is 50.0. The summed E-state index contributed by atoms with van der Waals surface area (Å²) in [5.41, 5.74) is 24.1. The zero-order valence-corrected chi connectivity index (χ0v) is 48.4. The smallest absolute Gasteiger partial charge is 0.333 e.